The maximum absolute atomic E-state index is 13.4. The van der Waals surface area contributed by atoms with Gasteiger partial charge >= 0.3 is 0 Å². The molecule has 0 saturated carbocycles. The minimum atomic E-state index is -0.275. The van der Waals surface area contributed by atoms with Crippen molar-refractivity contribution in [1.29, 1.82) is 0 Å². The number of likely N-dealkylation sites (tertiary alicyclic amines) is 1. The first-order chi connectivity index (χ1) is 18.1. The molecule has 2 aliphatic rings. The third kappa shape index (κ3) is 6.74. The number of benzene rings is 3. The molecular formula is C32H37ClFN3O. The van der Waals surface area contributed by atoms with Gasteiger partial charge < -0.3 is 10.6 Å². The number of hydrogen-bond acceptors (Lipinski definition) is 3. The van der Waals surface area contributed by atoms with E-state index in [1.54, 1.807) is 6.07 Å². The molecule has 1 unspecified atom stereocenters. The number of rotatable bonds is 5. The largest absolute Gasteiger partial charge is 0.352 e. The van der Waals surface area contributed by atoms with Crippen LogP contribution in [0.4, 0.5) is 4.39 Å². The van der Waals surface area contributed by atoms with Crippen LogP contribution in [0.3, 0.4) is 0 Å². The fraction of sp³-hybridized carbons (Fsp3) is 0.406. The van der Waals surface area contributed by atoms with Gasteiger partial charge in [0.05, 0.1) is 0 Å². The van der Waals surface area contributed by atoms with Gasteiger partial charge in [0.1, 0.15) is 5.82 Å². The Morgan fingerprint density at radius 1 is 1.03 bits per heavy atom. The van der Waals surface area contributed by atoms with Gasteiger partial charge in [0.15, 0.2) is 0 Å². The quantitative estimate of drug-likeness (QED) is 0.405. The molecule has 38 heavy (non-hydrogen) atoms. The molecule has 5 rings (SSSR count). The Hall–Kier alpha value is -2.91. The Kier molecular flexibility index (Phi) is 9.80. The van der Waals surface area contributed by atoms with Crippen molar-refractivity contribution in [2.45, 2.75) is 45.2 Å². The lowest BCUT2D eigenvalue weighted by molar-refractivity contribution is -0.126. The number of nitrogens with one attached hydrogen (secondary N) is 2. The third-order valence-electron chi connectivity index (χ3n) is 7.96. The molecule has 3 aromatic carbocycles. The van der Waals surface area contributed by atoms with Gasteiger partial charge in [-0.2, -0.15) is 0 Å². The van der Waals surface area contributed by atoms with Gasteiger partial charge in [-0.1, -0.05) is 54.3 Å². The summed E-state index contributed by atoms with van der Waals surface area (Å²) in [6.45, 7) is 6.51. The summed E-state index contributed by atoms with van der Waals surface area (Å²) in [5.74, 6) is 7.29. The number of nitrogens with zero attached hydrogens (tertiary/aromatic N) is 1. The summed E-state index contributed by atoms with van der Waals surface area (Å²) >= 11 is 0. The maximum Gasteiger partial charge on any atom is 0.223 e. The summed E-state index contributed by atoms with van der Waals surface area (Å²) in [6, 6.07) is 19.7. The van der Waals surface area contributed by atoms with Gasteiger partial charge in [0.25, 0.3) is 0 Å². The predicted molar refractivity (Wildman–Crippen MR) is 155 cm³/mol. The van der Waals surface area contributed by atoms with E-state index in [1.807, 2.05) is 6.07 Å². The van der Waals surface area contributed by atoms with E-state index >= 15 is 0 Å². The van der Waals surface area contributed by atoms with Gasteiger partial charge in [-0.3, -0.25) is 9.69 Å². The molecule has 6 heteroatoms. The van der Waals surface area contributed by atoms with Crippen LogP contribution in [-0.2, 0) is 11.3 Å². The molecule has 0 aromatic heterocycles. The Labute approximate surface area is 231 Å². The number of fused-ring (bicyclic) bond motifs is 1. The molecule has 3 aromatic rings. The number of carbonyl (C=O) groups excluding carboxylic acids is 1. The van der Waals surface area contributed by atoms with Gasteiger partial charge in [0, 0.05) is 30.0 Å². The summed E-state index contributed by atoms with van der Waals surface area (Å²) in [7, 11) is 0. The van der Waals surface area contributed by atoms with Crippen LogP contribution in [0, 0.1) is 29.5 Å². The van der Waals surface area contributed by atoms with Crippen LogP contribution in [-0.4, -0.2) is 37.0 Å². The first-order valence-corrected chi connectivity index (χ1v) is 13.6. The monoisotopic (exact) mass is 533 g/mol. The summed E-state index contributed by atoms with van der Waals surface area (Å²) in [5.41, 5.74) is 3.21. The highest BCUT2D eigenvalue weighted by Gasteiger charge is 2.28. The summed E-state index contributed by atoms with van der Waals surface area (Å²) < 4.78 is 13.4. The van der Waals surface area contributed by atoms with Crippen molar-refractivity contribution in [2.75, 3.05) is 26.2 Å². The molecule has 4 nitrogen and oxygen atoms in total. The van der Waals surface area contributed by atoms with E-state index in [-0.39, 0.29) is 36.1 Å². The SMILES string of the molecule is CC(c1ccc(C#CC2CCNCC2)c2ccccc12)N1CCC(C(=O)NCc2cccc(F)c2)CC1.Cl. The first-order valence-electron chi connectivity index (χ1n) is 13.6. The standard InChI is InChI=1S/C32H36FN3O.ClH/c1-23(36-19-15-27(16-20-36)32(37)35-22-25-5-4-6-28(33)21-25)29-12-11-26(30-7-2-3-8-31(29)30)10-9-24-13-17-34-18-14-24;/h2-8,11-12,21,23-24,27,34H,13-20,22H2,1H3,(H,35,37);1H. The van der Waals surface area contributed by atoms with E-state index in [1.165, 1.54) is 28.5 Å². The smallest absolute Gasteiger partial charge is 0.223 e. The molecule has 2 fully saturated rings. The zero-order valence-electron chi connectivity index (χ0n) is 22.0. The Morgan fingerprint density at radius 3 is 2.50 bits per heavy atom. The average molecular weight is 534 g/mol. The zero-order valence-corrected chi connectivity index (χ0v) is 22.8. The van der Waals surface area contributed by atoms with Crippen molar-refractivity contribution >= 4 is 29.1 Å². The second-order valence-corrected chi connectivity index (χ2v) is 10.4. The van der Waals surface area contributed by atoms with Crippen molar-refractivity contribution in [3.63, 3.8) is 0 Å². The van der Waals surface area contributed by atoms with Crippen LogP contribution in [0.2, 0.25) is 0 Å². The topological polar surface area (TPSA) is 44.4 Å². The third-order valence-corrected chi connectivity index (χ3v) is 7.96. The van der Waals surface area contributed by atoms with Crippen molar-refractivity contribution in [3.8, 4) is 11.8 Å². The van der Waals surface area contributed by atoms with E-state index in [4.69, 9.17) is 0 Å². The van der Waals surface area contributed by atoms with Gasteiger partial charge in [-0.05, 0) is 98.9 Å². The lowest BCUT2D eigenvalue weighted by Gasteiger charge is -2.36. The lowest BCUT2D eigenvalue weighted by atomic mass is 9.91. The second kappa shape index (κ2) is 13.2. The minimum absolute atomic E-state index is 0. The zero-order chi connectivity index (χ0) is 25.6. The summed E-state index contributed by atoms with van der Waals surface area (Å²) in [6.07, 6.45) is 3.91. The van der Waals surface area contributed by atoms with Crippen LogP contribution in [0.25, 0.3) is 10.8 Å². The molecule has 2 N–H and O–H groups in total. The molecule has 2 aliphatic heterocycles. The first kappa shape index (κ1) is 28.1. The van der Waals surface area contributed by atoms with E-state index in [0.29, 0.717) is 12.5 Å². The van der Waals surface area contributed by atoms with Crippen molar-refractivity contribution < 1.29 is 9.18 Å². The molecule has 0 spiro atoms. The molecule has 0 aliphatic carbocycles. The fourth-order valence-corrected chi connectivity index (χ4v) is 5.67. The van der Waals surface area contributed by atoms with E-state index < -0.39 is 0 Å². The molecule has 1 amide bonds. The maximum atomic E-state index is 13.4. The summed E-state index contributed by atoms with van der Waals surface area (Å²) in [4.78, 5) is 15.2. The van der Waals surface area contributed by atoms with Crippen LogP contribution in [0.1, 0.15) is 55.3 Å². The van der Waals surface area contributed by atoms with E-state index in [2.05, 4.69) is 70.7 Å². The molecule has 200 valence electrons. The number of piperidine rings is 2. The predicted octanol–water partition coefficient (Wildman–Crippen LogP) is 5.84. The summed E-state index contributed by atoms with van der Waals surface area (Å²) in [5, 5.41) is 8.90. The molecular weight excluding hydrogens is 497 g/mol. The number of halogens is 2. The molecule has 1 atom stereocenters. The number of amides is 1. The van der Waals surface area contributed by atoms with Crippen molar-refractivity contribution in [2.24, 2.45) is 11.8 Å². The molecule has 0 radical (unpaired) electrons. The molecule has 0 bridgehead atoms. The van der Waals surface area contributed by atoms with Crippen LogP contribution < -0.4 is 10.6 Å². The highest BCUT2D eigenvalue weighted by molar-refractivity contribution is 5.91. The van der Waals surface area contributed by atoms with Crippen LogP contribution in [0.5, 0.6) is 0 Å². The van der Waals surface area contributed by atoms with Crippen molar-refractivity contribution in [3.05, 3.63) is 83.2 Å². The van der Waals surface area contributed by atoms with Gasteiger partial charge in [-0.25, -0.2) is 4.39 Å². The van der Waals surface area contributed by atoms with Crippen molar-refractivity contribution in [1.82, 2.24) is 15.5 Å². The minimum Gasteiger partial charge on any atom is -0.352 e. The average Bonchev–Trinajstić information content (AvgIpc) is 2.95. The molecule has 2 heterocycles. The Bertz CT molecular complexity index is 1300. The number of carbonyl (C=O) groups is 1. The second-order valence-electron chi connectivity index (χ2n) is 10.4. The van der Waals surface area contributed by atoms with Gasteiger partial charge in [0.2, 0.25) is 5.91 Å². The number of hydrogen-bond donors (Lipinski definition) is 2. The highest BCUT2D eigenvalue weighted by Crippen LogP contribution is 2.32. The van der Waals surface area contributed by atoms with Gasteiger partial charge in [-0.15, -0.1) is 12.4 Å². The van der Waals surface area contributed by atoms with E-state index in [0.717, 1.165) is 63.0 Å². The van der Waals surface area contributed by atoms with Crippen LogP contribution >= 0.6 is 12.4 Å². The Morgan fingerprint density at radius 2 is 1.76 bits per heavy atom. The highest BCUT2D eigenvalue weighted by atomic mass is 35.5. The Balaban J connectivity index is 0.00000336. The fourth-order valence-electron chi connectivity index (χ4n) is 5.67. The van der Waals surface area contributed by atoms with Crippen LogP contribution in [0.15, 0.2) is 60.7 Å². The van der Waals surface area contributed by atoms with E-state index in [9.17, 15) is 9.18 Å². The molecule has 2 saturated heterocycles. The lowest BCUT2D eigenvalue weighted by Crippen LogP contribution is -2.41. The normalized spacial score (nSPS) is 17.7.